The molecule has 2 rings (SSSR count). The molecule has 0 saturated heterocycles. The first-order valence-electron chi connectivity index (χ1n) is 4.59. The average Bonchev–Trinajstić information content (AvgIpc) is 2.26. The highest BCUT2D eigenvalue weighted by Crippen LogP contribution is 2.22. The largest absolute Gasteiger partial charge is 0.384 e. The molecule has 0 fully saturated rings. The van der Waals surface area contributed by atoms with Crippen molar-refractivity contribution in [2.24, 2.45) is 0 Å². The van der Waals surface area contributed by atoms with Crippen molar-refractivity contribution in [3.63, 3.8) is 0 Å². The summed E-state index contributed by atoms with van der Waals surface area (Å²) >= 11 is 0. The van der Waals surface area contributed by atoms with Gasteiger partial charge in [-0.25, -0.2) is 13.8 Å². The summed E-state index contributed by atoms with van der Waals surface area (Å²) in [6.07, 6.45) is 1.40. The number of nitrogens with zero attached hydrogens (tertiary/aromatic N) is 1. The van der Waals surface area contributed by atoms with Gasteiger partial charge in [-0.05, 0) is 24.3 Å². The van der Waals surface area contributed by atoms with Crippen molar-refractivity contribution in [3.8, 4) is 0 Å². The molecule has 1 heterocycles. The van der Waals surface area contributed by atoms with Gasteiger partial charge in [-0.15, -0.1) is 0 Å². The molecule has 0 aliphatic rings. The zero-order valence-electron chi connectivity index (χ0n) is 8.24. The third-order valence-corrected chi connectivity index (χ3v) is 2.02. The molecule has 5 heteroatoms. The van der Waals surface area contributed by atoms with E-state index in [1.165, 1.54) is 24.4 Å². The van der Waals surface area contributed by atoms with Gasteiger partial charge in [0.15, 0.2) is 0 Å². The molecule has 0 spiro atoms. The first kappa shape index (κ1) is 10.4. The lowest BCUT2D eigenvalue weighted by Crippen LogP contribution is -1.98. The molecule has 0 aliphatic carbocycles. The van der Waals surface area contributed by atoms with Crippen molar-refractivity contribution in [3.05, 3.63) is 48.2 Å². The van der Waals surface area contributed by atoms with Crippen LogP contribution in [0.4, 0.5) is 26.0 Å². The van der Waals surface area contributed by atoms with E-state index in [4.69, 9.17) is 5.73 Å². The van der Waals surface area contributed by atoms with E-state index in [0.29, 0.717) is 11.5 Å². The zero-order valence-corrected chi connectivity index (χ0v) is 8.24. The van der Waals surface area contributed by atoms with Crippen molar-refractivity contribution in [2.45, 2.75) is 0 Å². The van der Waals surface area contributed by atoms with Crippen LogP contribution in [-0.4, -0.2) is 4.98 Å². The van der Waals surface area contributed by atoms with Crippen LogP contribution < -0.4 is 11.1 Å². The monoisotopic (exact) mass is 221 g/mol. The van der Waals surface area contributed by atoms with Gasteiger partial charge in [-0.3, -0.25) is 0 Å². The van der Waals surface area contributed by atoms with Gasteiger partial charge < -0.3 is 11.1 Å². The second-order valence-electron chi connectivity index (χ2n) is 3.19. The van der Waals surface area contributed by atoms with E-state index in [9.17, 15) is 8.78 Å². The van der Waals surface area contributed by atoms with Gasteiger partial charge in [-0.1, -0.05) is 6.07 Å². The maximum absolute atomic E-state index is 13.3. The van der Waals surface area contributed by atoms with E-state index in [-0.39, 0.29) is 5.69 Å². The summed E-state index contributed by atoms with van der Waals surface area (Å²) in [5, 5.41) is 2.60. The Labute approximate surface area is 90.9 Å². The van der Waals surface area contributed by atoms with Crippen molar-refractivity contribution in [2.75, 3.05) is 11.1 Å². The fourth-order valence-electron chi connectivity index (χ4n) is 1.24. The summed E-state index contributed by atoms with van der Waals surface area (Å²) < 4.78 is 26.5. The van der Waals surface area contributed by atoms with Gasteiger partial charge in [0.1, 0.15) is 23.1 Å². The van der Waals surface area contributed by atoms with Crippen LogP contribution in [0.3, 0.4) is 0 Å². The summed E-state index contributed by atoms with van der Waals surface area (Å²) in [6.45, 7) is 0. The van der Waals surface area contributed by atoms with Crippen molar-refractivity contribution in [1.29, 1.82) is 0 Å². The zero-order chi connectivity index (χ0) is 11.5. The van der Waals surface area contributed by atoms with Gasteiger partial charge in [0, 0.05) is 0 Å². The lowest BCUT2D eigenvalue weighted by molar-refractivity contribution is 0.591. The van der Waals surface area contributed by atoms with Crippen molar-refractivity contribution < 1.29 is 8.78 Å². The lowest BCUT2D eigenvalue weighted by atomic mass is 10.2. The summed E-state index contributed by atoms with van der Waals surface area (Å²) in [7, 11) is 0. The van der Waals surface area contributed by atoms with Crippen molar-refractivity contribution in [1.82, 2.24) is 4.98 Å². The topological polar surface area (TPSA) is 50.9 Å². The minimum absolute atomic E-state index is 0.200. The number of para-hydroxylation sites is 1. The van der Waals surface area contributed by atoms with Crippen LogP contribution >= 0.6 is 0 Å². The van der Waals surface area contributed by atoms with Crippen molar-refractivity contribution >= 4 is 17.2 Å². The Kier molecular flexibility index (Phi) is 2.68. The third kappa shape index (κ3) is 2.08. The number of anilines is 3. The predicted octanol–water partition coefficient (Wildman–Crippen LogP) is 2.69. The number of rotatable bonds is 2. The number of pyridine rings is 1. The molecular formula is C11H9F2N3. The summed E-state index contributed by atoms with van der Waals surface area (Å²) in [4.78, 5) is 3.80. The van der Waals surface area contributed by atoms with Crippen LogP contribution in [0, 0.1) is 11.6 Å². The Morgan fingerprint density at radius 2 is 1.75 bits per heavy atom. The van der Waals surface area contributed by atoms with Crippen LogP contribution in [0.2, 0.25) is 0 Å². The minimum atomic E-state index is -0.656. The van der Waals surface area contributed by atoms with E-state index < -0.39 is 11.6 Å². The van der Waals surface area contributed by atoms with Gasteiger partial charge in [-0.2, -0.15) is 0 Å². The number of nitrogens with one attached hydrogen (secondary N) is 1. The molecule has 0 atom stereocenters. The number of hydrogen-bond donors (Lipinski definition) is 2. The summed E-state index contributed by atoms with van der Waals surface area (Å²) in [5.41, 5.74) is 5.66. The Balaban J connectivity index is 2.30. The molecule has 3 nitrogen and oxygen atoms in total. The molecule has 1 aromatic carbocycles. The first-order valence-corrected chi connectivity index (χ1v) is 4.59. The Morgan fingerprint density at radius 3 is 2.31 bits per heavy atom. The predicted molar refractivity (Wildman–Crippen MR) is 58.3 cm³/mol. The molecule has 1 aromatic heterocycles. The highest BCUT2D eigenvalue weighted by atomic mass is 19.1. The average molecular weight is 221 g/mol. The molecule has 0 aliphatic heterocycles. The second-order valence-corrected chi connectivity index (χ2v) is 3.19. The minimum Gasteiger partial charge on any atom is -0.384 e. The molecule has 3 N–H and O–H groups in total. The maximum Gasteiger partial charge on any atom is 0.149 e. The van der Waals surface area contributed by atoms with E-state index in [1.807, 2.05) is 0 Å². The van der Waals surface area contributed by atoms with Crippen LogP contribution in [0.25, 0.3) is 0 Å². The summed E-state index contributed by atoms with van der Waals surface area (Å²) in [6, 6.07) is 6.79. The first-order chi connectivity index (χ1) is 7.66. The van der Waals surface area contributed by atoms with Crippen LogP contribution in [0.1, 0.15) is 0 Å². The standard InChI is InChI=1S/C11H9F2N3/c12-8-2-1-3-9(13)11(8)16-7-4-5-10(14)15-6-7/h1-6,16H,(H2,14,15). The van der Waals surface area contributed by atoms with E-state index in [2.05, 4.69) is 10.3 Å². The third-order valence-electron chi connectivity index (χ3n) is 2.02. The Bertz CT molecular complexity index is 477. The number of nitrogen functional groups attached to an aromatic ring is 1. The molecular weight excluding hydrogens is 212 g/mol. The second kappa shape index (κ2) is 4.14. The highest BCUT2D eigenvalue weighted by Gasteiger charge is 2.07. The molecule has 0 amide bonds. The Hall–Kier alpha value is -2.17. The van der Waals surface area contributed by atoms with E-state index in [1.54, 1.807) is 12.1 Å². The fraction of sp³-hybridized carbons (Fsp3) is 0. The fourth-order valence-corrected chi connectivity index (χ4v) is 1.24. The molecule has 2 aromatic rings. The smallest absolute Gasteiger partial charge is 0.149 e. The SMILES string of the molecule is Nc1ccc(Nc2c(F)cccc2F)cn1. The van der Waals surface area contributed by atoms with Crippen LogP contribution in [-0.2, 0) is 0 Å². The van der Waals surface area contributed by atoms with Crippen LogP contribution in [0.5, 0.6) is 0 Å². The normalized spacial score (nSPS) is 10.1. The molecule has 16 heavy (non-hydrogen) atoms. The van der Waals surface area contributed by atoms with Gasteiger partial charge >= 0.3 is 0 Å². The maximum atomic E-state index is 13.3. The van der Waals surface area contributed by atoms with E-state index in [0.717, 1.165) is 0 Å². The van der Waals surface area contributed by atoms with Gasteiger partial charge in [0.05, 0.1) is 11.9 Å². The number of nitrogens with two attached hydrogens (primary N) is 1. The van der Waals surface area contributed by atoms with Gasteiger partial charge in [0.25, 0.3) is 0 Å². The number of halogens is 2. The lowest BCUT2D eigenvalue weighted by Gasteiger charge is -2.08. The molecule has 0 saturated carbocycles. The number of aromatic nitrogens is 1. The van der Waals surface area contributed by atoms with Crippen LogP contribution in [0.15, 0.2) is 36.5 Å². The molecule has 0 bridgehead atoms. The molecule has 0 unspecified atom stereocenters. The molecule has 82 valence electrons. The van der Waals surface area contributed by atoms with E-state index >= 15 is 0 Å². The Morgan fingerprint density at radius 1 is 1.06 bits per heavy atom. The molecule has 0 radical (unpaired) electrons. The quantitative estimate of drug-likeness (QED) is 0.819. The van der Waals surface area contributed by atoms with Gasteiger partial charge in [0.2, 0.25) is 0 Å². The number of benzene rings is 1. The summed E-state index contributed by atoms with van der Waals surface area (Å²) in [5.74, 6) is -0.965. The number of hydrogen-bond acceptors (Lipinski definition) is 3. The highest BCUT2D eigenvalue weighted by molar-refractivity contribution is 5.60.